The van der Waals surface area contributed by atoms with Gasteiger partial charge >= 0.3 is 0 Å². The molecule has 0 radical (unpaired) electrons. The Morgan fingerprint density at radius 1 is 1.47 bits per heavy atom. The second-order valence-corrected chi connectivity index (χ2v) is 5.38. The molecule has 2 unspecified atom stereocenters. The molecule has 2 aliphatic rings. The Bertz CT molecular complexity index is 199. The predicted octanol–water partition coefficient (Wildman–Crippen LogP) is 2.89. The van der Waals surface area contributed by atoms with Crippen LogP contribution in [-0.4, -0.2) is 23.4 Å². The molecule has 0 bridgehead atoms. The molecule has 15 heavy (non-hydrogen) atoms. The van der Waals surface area contributed by atoms with Crippen molar-refractivity contribution < 1.29 is 9.84 Å². The van der Waals surface area contributed by atoms with Crippen LogP contribution in [0, 0.1) is 5.92 Å². The van der Waals surface area contributed by atoms with Crippen molar-refractivity contribution >= 4 is 0 Å². The zero-order valence-electron chi connectivity index (χ0n) is 9.87. The predicted molar refractivity (Wildman–Crippen MR) is 60.8 cm³/mol. The number of hydrogen-bond donors (Lipinski definition) is 1. The number of aliphatic hydroxyl groups excluding tert-OH is 1. The van der Waals surface area contributed by atoms with E-state index in [2.05, 4.69) is 6.92 Å². The van der Waals surface area contributed by atoms with Gasteiger partial charge in [0.05, 0.1) is 11.7 Å². The van der Waals surface area contributed by atoms with Crippen molar-refractivity contribution in [1.29, 1.82) is 0 Å². The maximum Gasteiger partial charge on any atom is 0.0685 e. The Labute approximate surface area is 93.0 Å². The lowest BCUT2D eigenvalue weighted by molar-refractivity contribution is -0.144. The third kappa shape index (κ3) is 2.73. The minimum absolute atomic E-state index is 0.0785. The first kappa shape index (κ1) is 11.4. The van der Waals surface area contributed by atoms with Gasteiger partial charge in [0.1, 0.15) is 0 Å². The van der Waals surface area contributed by atoms with Gasteiger partial charge in [-0.2, -0.15) is 0 Å². The van der Waals surface area contributed by atoms with Gasteiger partial charge in [0.2, 0.25) is 0 Å². The SMILES string of the molecule is CCC(O)CCC1CCOC2(CCC2)C1. The highest BCUT2D eigenvalue weighted by atomic mass is 16.5. The van der Waals surface area contributed by atoms with E-state index in [9.17, 15) is 5.11 Å². The summed E-state index contributed by atoms with van der Waals surface area (Å²) >= 11 is 0. The minimum Gasteiger partial charge on any atom is -0.393 e. The summed E-state index contributed by atoms with van der Waals surface area (Å²) in [7, 11) is 0. The van der Waals surface area contributed by atoms with Crippen LogP contribution in [0.4, 0.5) is 0 Å². The van der Waals surface area contributed by atoms with Crippen LogP contribution >= 0.6 is 0 Å². The normalized spacial score (nSPS) is 31.2. The summed E-state index contributed by atoms with van der Waals surface area (Å²) in [6.07, 6.45) is 9.36. The molecular weight excluding hydrogens is 188 g/mol. The summed E-state index contributed by atoms with van der Waals surface area (Å²) < 4.78 is 5.90. The van der Waals surface area contributed by atoms with Gasteiger partial charge in [-0.25, -0.2) is 0 Å². The van der Waals surface area contributed by atoms with Crippen LogP contribution in [0.3, 0.4) is 0 Å². The van der Waals surface area contributed by atoms with Gasteiger partial charge < -0.3 is 9.84 Å². The van der Waals surface area contributed by atoms with Crippen LogP contribution in [-0.2, 0) is 4.74 Å². The van der Waals surface area contributed by atoms with E-state index in [4.69, 9.17) is 4.74 Å². The van der Waals surface area contributed by atoms with Gasteiger partial charge in [0.25, 0.3) is 0 Å². The van der Waals surface area contributed by atoms with Gasteiger partial charge in [-0.3, -0.25) is 0 Å². The van der Waals surface area contributed by atoms with Crippen molar-refractivity contribution in [2.75, 3.05) is 6.61 Å². The lowest BCUT2D eigenvalue weighted by Crippen LogP contribution is -2.45. The Kier molecular flexibility index (Phi) is 3.68. The molecule has 1 aliphatic heterocycles. The van der Waals surface area contributed by atoms with Crippen molar-refractivity contribution in [3.8, 4) is 0 Å². The van der Waals surface area contributed by atoms with Crippen LogP contribution in [0.5, 0.6) is 0 Å². The fraction of sp³-hybridized carbons (Fsp3) is 1.00. The Hall–Kier alpha value is -0.0800. The molecule has 1 aliphatic carbocycles. The average molecular weight is 212 g/mol. The molecule has 0 aromatic carbocycles. The lowest BCUT2D eigenvalue weighted by atomic mass is 9.71. The number of hydrogen-bond acceptors (Lipinski definition) is 2. The van der Waals surface area contributed by atoms with Crippen molar-refractivity contribution in [1.82, 2.24) is 0 Å². The molecule has 1 saturated heterocycles. The van der Waals surface area contributed by atoms with Crippen molar-refractivity contribution in [2.24, 2.45) is 5.92 Å². The summed E-state index contributed by atoms with van der Waals surface area (Å²) in [6.45, 7) is 3.01. The minimum atomic E-state index is -0.0785. The first-order chi connectivity index (χ1) is 7.24. The van der Waals surface area contributed by atoms with Gasteiger partial charge in [-0.1, -0.05) is 6.92 Å². The quantitative estimate of drug-likeness (QED) is 0.776. The largest absolute Gasteiger partial charge is 0.393 e. The molecule has 1 saturated carbocycles. The molecule has 0 amide bonds. The summed E-state index contributed by atoms with van der Waals surface area (Å²) in [6, 6.07) is 0. The van der Waals surface area contributed by atoms with E-state index in [1.807, 2.05) is 0 Å². The van der Waals surface area contributed by atoms with Crippen molar-refractivity contribution in [3.63, 3.8) is 0 Å². The summed E-state index contributed by atoms with van der Waals surface area (Å²) in [4.78, 5) is 0. The van der Waals surface area contributed by atoms with Gasteiger partial charge in [-0.15, -0.1) is 0 Å². The molecule has 2 fully saturated rings. The zero-order valence-corrected chi connectivity index (χ0v) is 9.87. The third-order valence-corrected chi connectivity index (χ3v) is 4.24. The molecule has 0 aromatic rings. The molecule has 2 nitrogen and oxygen atoms in total. The molecule has 2 rings (SSSR count). The molecule has 1 spiro atoms. The van der Waals surface area contributed by atoms with Gasteiger partial charge in [-0.05, 0) is 57.3 Å². The molecule has 1 heterocycles. The second-order valence-electron chi connectivity index (χ2n) is 5.38. The van der Waals surface area contributed by atoms with E-state index in [-0.39, 0.29) is 11.7 Å². The summed E-state index contributed by atoms with van der Waals surface area (Å²) in [5.41, 5.74) is 0.278. The highest BCUT2D eigenvalue weighted by Crippen LogP contribution is 2.45. The van der Waals surface area contributed by atoms with Crippen molar-refractivity contribution in [2.45, 2.75) is 70.0 Å². The fourth-order valence-electron chi connectivity index (χ4n) is 2.93. The molecule has 2 heteroatoms. The first-order valence-electron chi connectivity index (χ1n) is 6.56. The van der Waals surface area contributed by atoms with Crippen LogP contribution in [0.15, 0.2) is 0 Å². The Morgan fingerprint density at radius 2 is 2.27 bits per heavy atom. The second kappa shape index (κ2) is 4.84. The van der Waals surface area contributed by atoms with Crippen LogP contribution in [0.25, 0.3) is 0 Å². The van der Waals surface area contributed by atoms with Crippen molar-refractivity contribution in [3.05, 3.63) is 0 Å². The van der Waals surface area contributed by atoms with E-state index in [1.165, 1.54) is 38.5 Å². The number of aliphatic hydroxyl groups is 1. The fourth-order valence-corrected chi connectivity index (χ4v) is 2.93. The average Bonchev–Trinajstić information content (AvgIpc) is 2.24. The maximum absolute atomic E-state index is 9.56. The lowest BCUT2D eigenvalue weighted by Gasteiger charge is -2.47. The standard InChI is InChI=1S/C13H24O2/c1-2-12(14)5-4-11-6-9-15-13(10-11)7-3-8-13/h11-12,14H,2-10H2,1H3. The first-order valence-corrected chi connectivity index (χ1v) is 6.56. The Morgan fingerprint density at radius 3 is 2.87 bits per heavy atom. The molecule has 88 valence electrons. The van der Waals surface area contributed by atoms with E-state index in [0.717, 1.165) is 25.4 Å². The molecule has 0 aromatic heterocycles. The summed E-state index contributed by atoms with van der Waals surface area (Å²) in [5.74, 6) is 0.806. The van der Waals surface area contributed by atoms with E-state index >= 15 is 0 Å². The van der Waals surface area contributed by atoms with Crippen LogP contribution < -0.4 is 0 Å². The maximum atomic E-state index is 9.56. The smallest absolute Gasteiger partial charge is 0.0685 e. The van der Waals surface area contributed by atoms with Gasteiger partial charge in [0.15, 0.2) is 0 Å². The zero-order chi connectivity index (χ0) is 10.7. The monoisotopic (exact) mass is 212 g/mol. The highest BCUT2D eigenvalue weighted by Gasteiger charge is 2.42. The van der Waals surface area contributed by atoms with Gasteiger partial charge in [0, 0.05) is 6.61 Å². The number of ether oxygens (including phenoxy) is 1. The highest BCUT2D eigenvalue weighted by molar-refractivity contribution is 4.93. The van der Waals surface area contributed by atoms with E-state index in [1.54, 1.807) is 0 Å². The summed E-state index contributed by atoms with van der Waals surface area (Å²) in [5, 5.41) is 9.56. The van der Waals surface area contributed by atoms with Crippen LogP contribution in [0.1, 0.15) is 58.3 Å². The van der Waals surface area contributed by atoms with Crippen LogP contribution in [0.2, 0.25) is 0 Å². The number of rotatable bonds is 4. The topological polar surface area (TPSA) is 29.5 Å². The molecule has 1 N–H and O–H groups in total. The third-order valence-electron chi connectivity index (χ3n) is 4.24. The van der Waals surface area contributed by atoms with E-state index in [0.29, 0.717) is 0 Å². The molecule has 2 atom stereocenters. The molecular formula is C13H24O2. The van der Waals surface area contributed by atoms with E-state index < -0.39 is 0 Å². The Balaban J connectivity index is 1.73.